The van der Waals surface area contributed by atoms with E-state index in [2.05, 4.69) is 0 Å². The largest absolute Gasteiger partial charge is 0.457 e. The molecule has 7 nitrogen and oxygen atoms in total. The smallest absolute Gasteiger partial charge is 0.340 e. The van der Waals surface area contributed by atoms with Gasteiger partial charge in [-0.1, -0.05) is 146 Å². The Kier molecular flexibility index (Phi) is 9.74. The lowest BCUT2D eigenvalue weighted by molar-refractivity contribution is 0.0466. The third kappa shape index (κ3) is 6.62. The highest BCUT2D eigenvalue weighted by molar-refractivity contribution is 7.84. The maximum atomic E-state index is 14.2. The maximum absolute atomic E-state index is 14.2. The monoisotopic (exact) mass is 870 g/mol. The fourth-order valence-electron chi connectivity index (χ4n) is 7.45. The molecule has 288 valence electrons. The number of ether oxygens (including phenoxy) is 2. The number of ketones is 1. The van der Waals surface area contributed by atoms with Crippen LogP contribution in [-0.2, 0) is 22.7 Å². The first-order chi connectivity index (χ1) is 29.2. The van der Waals surface area contributed by atoms with E-state index in [1.165, 1.54) is 22.7 Å². The Labute approximate surface area is 366 Å². The van der Waals surface area contributed by atoms with E-state index >= 15 is 0 Å². The molecule has 6 aromatic carbocycles. The number of hydrogen-bond acceptors (Lipinski definition) is 12. The number of nitrogens with zero attached hydrogens (tertiary/aromatic N) is 2. The van der Waals surface area contributed by atoms with Crippen LogP contribution in [0.1, 0.15) is 68.9 Å². The standard InChI is InChI=1S/C48H26N2O5S5/c51-41-27-15-7-8-16-28(27)42(56)35(41)21-37-49-39-33(47(52)54-23-25-11-3-1-4-12-25)20-32-31(45(39)59-37)19-34(48(53)55-24-26-13-5-2-6-14-26)40-46(32)60-38(50-40)22-36-43(57)29-17-9-10-18-30(29)44(36)58/h1-22H,23-24H2/b35-21-. The minimum absolute atomic E-state index is 0.0450. The van der Waals surface area contributed by atoms with Gasteiger partial charge in [0, 0.05) is 44.2 Å². The Hall–Kier alpha value is -6.28. The van der Waals surface area contributed by atoms with Crippen LogP contribution in [0.4, 0.5) is 0 Å². The van der Waals surface area contributed by atoms with Gasteiger partial charge in [-0.25, -0.2) is 19.6 Å². The number of thiocarbonyl (C=S) groups is 3. The zero-order valence-electron chi connectivity index (χ0n) is 31.1. The number of esters is 2. The van der Waals surface area contributed by atoms with E-state index in [0.29, 0.717) is 78.1 Å². The molecule has 0 saturated heterocycles. The summed E-state index contributed by atoms with van der Waals surface area (Å²) in [6.07, 6.45) is 3.54. The molecule has 2 heterocycles. The Morgan fingerprint density at radius 1 is 0.533 bits per heavy atom. The van der Waals surface area contributed by atoms with Crippen LogP contribution in [0.15, 0.2) is 132 Å². The quantitative estimate of drug-likeness (QED) is 0.0834. The summed E-state index contributed by atoms with van der Waals surface area (Å²) in [5.74, 6) is -1.34. The van der Waals surface area contributed by atoms with Crippen molar-refractivity contribution < 1.29 is 23.9 Å². The van der Waals surface area contributed by atoms with Crippen molar-refractivity contribution in [3.63, 3.8) is 0 Å². The zero-order valence-corrected chi connectivity index (χ0v) is 35.2. The SMILES string of the molecule is O=C1/C(=C/c2nc3c(C(=O)OCc4ccccc4)cc4c(cc(C(=O)OCc5ccccc5)c5nc(C=C6C(=S)c7ccccc7C6=S)sc54)c3s2)C(=S)c2ccccc21. The molecule has 0 N–H and O–H groups in total. The summed E-state index contributed by atoms with van der Waals surface area (Å²) in [5, 5.41) is 2.34. The normalized spacial score (nSPS) is 14.1. The summed E-state index contributed by atoms with van der Waals surface area (Å²) >= 11 is 20.2. The first kappa shape index (κ1) is 38.0. The van der Waals surface area contributed by atoms with Crippen molar-refractivity contribution in [1.29, 1.82) is 0 Å². The first-order valence-electron chi connectivity index (χ1n) is 18.7. The van der Waals surface area contributed by atoms with Crippen molar-refractivity contribution in [3.05, 3.63) is 187 Å². The van der Waals surface area contributed by atoms with Crippen molar-refractivity contribution in [1.82, 2.24) is 9.97 Å². The lowest BCUT2D eigenvalue weighted by Crippen LogP contribution is -2.08. The van der Waals surface area contributed by atoms with Crippen LogP contribution in [0, 0.1) is 0 Å². The van der Waals surface area contributed by atoms with Crippen LogP contribution in [0.2, 0.25) is 0 Å². The van der Waals surface area contributed by atoms with Gasteiger partial charge in [-0.15, -0.1) is 22.7 Å². The van der Waals surface area contributed by atoms with E-state index in [1.54, 1.807) is 30.3 Å². The molecule has 0 radical (unpaired) electrons. The van der Waals surface area contributed by atoms with Crippen molar-refractivity contribution in [2.45, 2.75) is 13.2 Å². The number of thiazole rings is 2. The lowest BCUT2D eigenvalue weighted by atomic mass is 10.0. The minimum atomic E-state index is -0.583. The molecule has 10 rings (SSSR count). The second-order valence-corrected chi connectivity index (χ2v) is 17.3. The van der Waals surface area contributed by atoms with Crippen molar-refractivity contribution in [2.24, 2.45) is 0 Å². The predicted octanol–water partition coefficient (Wildman–Crippen LogP) is 11.3. The number of rotatable bonds is 8. The van der Waals surface area contributed by atoms with Crippen LogP contribution < -0.4 is 0 Å². The summed E-state index contributed by atoms with van der Waals surface area (Å²) in [5.41, 5.74) is 6.94. The van der Waals surface area contributed by atoms with Gasteiger partial charge < -0.3 is 9.47 Å². The Balaban J connectivity index is 1.17. The van der Waals surface area contributed by atoms with Crippen LogP contribution in [0.5, 0.6) is 0 Å². The van der Waals surface area contributed by atoms with Gasteiger partial charge in [0.2, 0.25) is 0 Å². The summed E-state index contributed by atoms with van der Waals surface area (Å²) < 4.78 is 13.1. The van der Waals surface area contributed by atoms with E-state index in [0.717, 1.165) is 22.3 Å². The molecule has 60 heavy (non-hydrogen) atoms. The Morgan fingerprint density at radius 3 is 1.37 bits per heavy atom. The Morgan fingerprint density at radius 2 is 0.917 bits per heavy atom. The molecule has 0 saturated carbocycles. The van der Waals surface area contributed by atoms with E-state index in [1.807, 2.05) is 103 Å². The van der Waals surface area contributed by atoms with Gasteiger partial charge in [-0.05, 0) is 35.4 Å². The third-order valence-corrected chi connectivity index (χ3v) is 13.8. The van der Waals surface area contributed by atoms with Crippen molar-refractivity contribution in [2.75, 3.05) is 0 Å². The molecular formula is C48H26N2O5S5. The molecule has 2 aromatic heterocycles. The Bertz CT molecular complexity index is 2980. The summed E-state index contributed by atoms with van der Waals surface area (Å²) in [4.78, 5) is 53.5. The highest BCUT2D eigenvalue weighted by Crippen LogP contribution is 2.42. The second-order valence-electron chi connectivity index (χ2n) is 14.1. The van der Waals surface area contributed by atoms with Crippen LogP contribution in [0.3, 0.4) is 0 Å². The summed E-state index contributed by atoms with van der Waals surface area (Å²) in [6, 6.07) is 37.4. The van der Waals surface area contributed by atoms with E-state index in [-0.39, 0.29) is 30.1 Å². The minimum Gasteiger partial charge on any atom is -0.457 e. The van der Waals surface area contributed by atoms with E-state index in [4.69, 9.17) is 56.1 Å². The fraction of sp³-hybridized carbons (Fsp3) is 0.0417. The molecule has 12 heteroatoms. The molecule has 2 aliphatic carbocycles. The average molecular weight is 871 g/mol. The molecular weight excluding hydrogens is 845 g/mol. The molecule has 0 atom stereocenters. The molecule has 0 spiro atoms. The highest BCUT2D eigenvalue weighted by Gasteiger charge is 2.31. The van der Waals surface area contributed by atoms with E-state index < -0.39 is 11.9 Å². The predicted molar refractivity (Wildman–Crippen MR) is 250 cm³/mol. The molecule has 0 fully saturated rings. The van der Waals surface area contributed by atoms with Gasteiger partial charge in [0.1, 0.15) is 23.2 Å². The first-order valence-corrected chi connectivity index (χ1v) is 21.5. The molecule has 0 aliphatic heterocycles. The second kappa shape index (κ2) is 15.4. The highest BCUT2D eigenvalue weighted by atomic mass is 32.1. The molecule has 0 unspecified atom stereocenters. The fourth-order valence-corrected chi connectivity index (χ4v) is 10.6. The van der Waals surface area contributed by atoms with Crippen molar-refractivity contribution >= 4 is 135 Å². The summed E-state index contributed by atoms with van der Waals surface area (Å²) in [7, 11) is 0. The lowest BCUT2D eigenvalue weighted by Gasteiger charge is -2.10. The third-order valence-electron chi connectivity index (χ3n) is 10.4. The van der Waals surface area contributed by atoms with Crippen LogP contribution in [0.25, 0.3) is 43.4 Å². The number of carbonyl (C=O) groups is 3. The summed E-state index contributed by atoms with van der Waals surface area (Å²) in [6.45, 7) is 0.0978. The van der Waals surface area contributed by atoms with Gasteiger partial charge >= 0.3 is 11.9 Å². The number of Topliss-reactive ketones (excluding diaryl/α,β-unsaturated/α-hetero) is 1. The zero-order chi connectivity index (χ0) is 41.1. The van der Waals surface area contributed by atoms with Gasteiger partial charge in [0.15, 0.2) is 5.78 Å². The van der Waals surface area contributed by atoms with E-state index in [9.17, 15) is 14.4 Å². The molecule has 0 bridgehead atoms. The van der Waals surface area contributed by atoms with Gasteiger partial charge in [0.25, 0.3) is 0 Å². The van der Waals surface area contributed by atoms with Gasteiger partial charge in [-0.3, -0.25) is 4.79 Å². The number of hydrogen-bond donors (Lipinski definition) is 0. The number of carbonyl (C=O) groups excluding carboxylic acids is 3. The molecule has 0 amide bonds. The maximum Gasteiger partial charge on any atom is 0.340 e. The van der Waals surface area contributed by atoms with Gasteiger partial charge in [-0.2, -0.15) is 0 Å². The van der Waals surface area contributed by atoms with Crippen LogP contribution >= 0.6 is 59.3 Å². The molecule has 8 aromatic rings. The van der Waals surface area contributed by atoms with Crippen LogP contribution in [-0.4, -0.2) is 42.3 Å². The number of allylic oxidation sites excluding steroid dienone is 2. The average Bonchev–Trinajstić information content (AvgIpc) is 4.03. The number of aromatic nitrogens is 2. The molecule has 2 aliphatic rings. The number of fused-ring (bicyclic) bond motifs is 7. The van der Waals surface area contributed by atoms with Crippen molar-refractivity contribution in [3.8, 4) is 0 Å². The van der Waals surface area contributed by atoms with Gasteiger partial charge in [0.05, 0.1) is 46.2 Å². The topological polar surface area (TPSA) is 95.5 Å². The number of benzene rings is 6.